The van der Waals surface area contributed by atoms with E-state index in [1.54, 1.807) is 16.9 Å². The van der Waals surface area contributed by atoms with Crippen LogP contribution in [0, 0.1) is 0 Å². The number of rotatable bonds is 7. The maximum absolute atomic E-state index is 14.0. The number of hydrogen-bond donors (Lipinski definition) is 1. The van der Waals surface area contributed by atoms with E-state index in [1.165, 1.54) is 0 Å². The molecule has 0 aliphatic carbocycles. The van der Waals surface area contributed by atoms with Gasteiger partial charge in [-0.25, -0.2) is 4.79 Å². The number of ether oxygens (including phenoxy) is 2. The van der Waals surface area contributed by atoms with Crippen LogP contribution in [0.4, 0.5) is 4.79 Å². The molecule has 1 N–H and O–H groups in total. The SMILES string of the molecule is CCCC1N=C(c2ccc(OC)cc2OCC)N(C(=O)N2CCNC(=O)C2)C1c1ccc(Cl)cc1. The molecule has 2 atom stereocenters. The van der Waals surface area contributed by atoms with E-state index < -0.39 is 0 Å². The van der Waals surface area contributed by atoms with Crippen molar-refractivity contribution in [2.75, 3.05) is 33.4 Å². The average molecular weight is 499 g/mol. The van der Waals surface area contributed by atoms with Crippen LogP contribution in [0.15, 0.2) is 47.5 Å². The van der Waals surface area contributed by atoms with Crippen molar-refractivity contribution in [2.45, 2.75) is 38.8 Å². The number of amides is 3. The lowest BCUT2D eigenvalue weighted by molar-refractivity contribution is -0.123. The number of carbonyl (C=O) groups excluding carboxylic acids is 2. The zero-order valence-electron chi connectivity index (χ0n) is 20.3. The van der Waals surface area contributed by atoms with Gasteiger partial charge in [-0.2, -0.15) is 0 Å². The summed E-state index contributed by atoms with van der Waals surface area (Å²) in [6, 6.07) is 12.3. The highest BCUT2D eigenvalue weighted by Gasteiger charge is 2.44. The number of halogens is 1. The predicted molar refractivity (Wildman–Crippen MR) is 135 cm³/mol. The Bertz CT molecular complexity index is 1110. The Balaban J connectivity index is 1.84. The van der Waals surface area contributed by atoms with Gasteiger partial charge in [0.05, 0.1) is 31.4 Å². The molecule has 0 bridgehead atoms. The second kappa shape index (κ2) is 11.0. The predicted octanol–water partition coefficient (Wildman–Crippen LogP) is 4.27. The zero-order chi connectivity index (χ0) is 24.9. The van der Waals surface area contributed by atoms with E-state index in [9.17, 15) is 9.59 Å². The summed E-state index contributed by atoms with van der Waals surface area (Å²) >= 11 is 6.17. The third-order valence-electron chi connectivity index (χ3n) is 6.20. The van der Waals surface area contributed by atoms with Gasteiger partial charge in [0.25, 0.3) is 0 Å². The van der Waals surface area contributed by atoms with Crippen LogP contribution in [0.1, 0.15) is 43.9 Å². The number of carbonyl (C=O) groups is 2. The van der Waals surface area contributed by atoms with Crippen LogP contribution in [0.2, 0.25) is 5.02 Å². The fraction of sp³-hybridized carbons (Fsp3) is 0.423. The molecule has 3 amide bonds. The van der Waals surface area contributed by atoms with Crippen LogP contribution in [-0.2, 0) is 4.79 Å². The quantitative estimate of drug-likeness (QED) is 0.618. The van der Waals surface area contributed by atoms with Crippen molar-refractivity contribution >= 4 is 29.4 Å². The highest BCUT2D eigenvalue weighted by Crippen LogP contribution is 2.40. The van der Waals surface area contributed by atoms with Gasteiger partial charge in [0.1, 0.15) is 23.9 Å². The number of hydrogen-bond acceptors (Lipinski definition) is 5. The number of piperazine rings is 1. The smallest absolute Gasteiger partial charge is 0.326 e. The molecule has 2 heterocycles. The van der Waals surface area contributed by atoms with Crippen molar-refractivity contribution in [3.63, 3.8) is 0 Å². The maximum Gasteiger partial charge on any atom is 0.326 e. The van der Waals surface area contributed by atoms with E-state index in [0.717, 1.165) is 18.4 Å². The number of methoxy groups -OCH3 is 1. The minimum atomic E-state index is -0.337. The molecule has 186 valence electrons. The molecule has 2 aromatic carbocycles. The second-order valence-corrected chi connectivity index (χ2v) is 8.96. The molecule has 0 saturated carbocycles. The van der Waals surface area contributed by atoms with Crippen molar-refractivity contribution in [3.8, 4) is 11.5 Å². The number of nitrogens with zero attached hydrogens (tertiary/aromatic N) is 3. The fourth-order valence-corrected chi connectivity index (χ4v) is 4.72. The summed E-state index contributed by atoms with van der Waals surface area (Å²) in [6.45, 7) is 5.32. The largest absolute Gasteiger partial charge is 0.497 e. The number of amidine groups is 1. The maximum atomic E-state index is 14.0. The van der Waals surface area contributed by atoms with Crippen LogP contribution in [0.3, 0.4) is 0 Å². The first-order valence-corrected chi connectivity index (χ1v) is 12.3. The van der Waals surface area contributed by atoms with Crippen molar-refractivity contribution < 1.29 is 19.1 Å². The summed E-state index contributed by atoms with van der Waals surface area (Å²) in [5.74, 6) is 1.60. The van der Waals surface area contributed by atoms with Gasteiger partial charge < -0.3 is 19.7 Å². The van der Waals surface area contributed by atoms with Crippen LogP contribution >= 0.6 is 11.6 Å². The molecule has 2 aromatic rings. The van der Waals surface area contributed by atoms with Gasteiger partial charge in [-0.3, -0.25) is 14.7 Å². The molecular formula is C26H31ClN4O4. The van der Waals surface area contributed by atoms with E-state index >= 15 is 0 Å². The molecule has 2 aliphatic heterocycles. The number of nitrogens with one attached hydrogen (secondary N) is 1. The number of aliphatic imine (C=N–C) groups is 1. The van der Waals surface area contributed by atoms with Crippen LogP contribution in [0.25, 0.3) is 0 Å². The van der Waals surface area contributed by atoms with Crippen LogP contribution in [0.5, 0.6) is 11.5 Å². The molecule has 0 aromatic heterocycles. The van der Waals surface area contributed by atoms with Gasteiger partial charge in [-0.05, 0) is 43.2 Å². The van der Waals surface area contributed by atoms with Gasteiger partial charge in [0, 0.05) is 24.2 Å². The summed E-state index contributed by atoms with van der Waals surface area (Å²) < 4.78 is 11.3. The van der Waals surface area contributed by atoms with Crippen molar-refractivity contribution in [1.82, 2.24) is 15.1 Å². The molecule has 1 saturated heterocycles. The summed E-state index contributed by atoms with van der Waals surface area (Å²) in [7, 11) is 1.60. The minimum Gasteiger partial charge on any atom is -0.497 e. The Morgan fingerprint density at radius 1 is 1.20 bits per heavy atom. The highest BCUT2D eigenvalue weighted by molar-refractivity contribution is 6.30. The lowest BCUT2D eigenvalue weighted by atomic mass is 9.96. The molecule has 1 fully saturated rings. The molecule has 2 unspecified atom stereocenters. The fourth-order valence-electron chi connectivity index (χ4n) is 4.60. The summed E-state index contributed by atoms with van der Waals surface area (Å²) in [5, 5.41) is 3.41. The summed E-state index contributed by atoms with van der Waals surface area (Å²) in [6.07, 6.45) is 1.70. The molecule has 8 nitrogen and oxygen atoms in total. The standard InChI is InChI=1S/C26H31ClN4O4/c1-4-6-21-24(17-7-9-18(27)10-8-17)31(26(33)30-14-13-28-23(32)16-30)25(29-21)20-12-11-19(34-3)15-22(20)35-5-2/h7-12,15,21,24H,4-6,13-14,16H2,1-3H3,(H,28,32). The molecule has 35 heavy (non-hydrogen) atoms. The Morgan fingerprint density at radius 3 is 2.63 bits per heavy atom. The van der Waals surface area contributed by atoms with Gasteiger partial charge >= 0.3 is 6.03 Å². The topological polar surface area (TPSA) is 83.5 Å². The first-order chi connectivity index (χ1) is 17.0. The monoisotopic (exact) mass is 498 g/mol. The Morgan fingerprint density at radius 2 is 1.97 bits per heavy atom. The molecule has 9 heteroatoms. The Labute approximate surface area is 210 Å². The summed E-state index contributed by atoms with van der Waals surface area (Å²) in [4.78, 5) is 34.5. The second-order valence-electron chi connectivity index (χ2n) is 8.52. The number of benzene rings is 2. The van der Waals surface area contributed by atoms with E-state index in [4.69, 9.17) is 26.1 Å². The molecule has 4 rings (SSSR count). The lowest BCUT2D eigenvalue weighted by Crippen LogP contribution is -2.55. The van der Waals surface area contributed by atoms with E-state index in [2.05, 4.69) is 12.2 Å². The van der Waals surface area contributed by atoms with Crippen molar-refractivity contribution in [2.24, 2.45) is 4.99 Å². The highest BCUT2D eigenvalue weighted by atomic mass is 35.5. The molecular weight excluding hydrogens is 468 g/mol. The van der Waals surface area contributed by atoms with E-state index in [1.807, 2.05) is 49.4 Å². The lowest BCUT2D eigenvalue weighted by Gasteiger charge is -2.35. The average Bonchev–Trinajstić information content (AvgIpc) is 3.23. The Hall–Kier alpha value is -3.26. The first kappa shape index (κ1) is 24.9. The van der Waals surface area contributed by atoms with Gasteiger partial charge in [0.15, 0.2) is 0 Å². The van der Waals surface area contributed by atoms with Crippen LogP contribution in [-0.4, -0.2) is 67.0 Å². The van der Waals surface area contributed by atoms with Gasteiger partial charge in [0.2, 0.25) is 5.91 Å². The molecule has 0 spiro atoms. The minimum absolute atomic E-state index is 0.00925. The third kappa shape index (κ3) is 5.22. The Kier molecular flexibility index (Phi) is 7.80. The van der Waals surface area contributed by atoms with Crippen molar-refractivity contribution in [1.29, 1.82) is 0 Å². The number of urea groups is 1. The van der Waals surface area contributed by atoms with Gasteiger partial charge in [-0.1, -0.05) is 37.1 Å². The normalized spacial score (nSPS) is 19.9. The van der Waals surface area contributed by atoms with Crippen molar-refractivity contribution in [3.05, 3.63) is 58.6 Å². The third-order valence-corrected chi connectivity index (χ3v) is 6.45. The first-order valence-electron chi connectivity index (χ1n) is 12.0. The van der Waals surface area contributed by atoms with Gasteiger partial charge in [-0.15, -0.1) is 0 Å². The van der Waals surface area contributed by atoms with E-state index in [-0.39, 0.29) is 30.6 Å². The van der Waals surface area contributed by atoms with E-state index in [0.29, 0.717) is 47.6 Å². The molecule has 0 radical (unpaired) electrons. The summed E-state index contributed by atoms with van der Waals surface area (Å²) in [5.41, 5.74) is 1.65. The van der Waals surface area contributed by atoms with Crippen LogP contribution < -0.4 is 14.8 Å². The molecule has 2 aliphatic rings. The zero-order valence-corrected chi connectivity index (χ0v) is 21.0.